The Bertz CT molecular complexity index is 428. The average molecular weight is 262 g/mol. The SMILES string of the molecule is COc1ccccc1C(C)NC(=O)C1CCCCN1. The number of piperidine rings is 1. The zero-order chi connectivity index (χ0) is 13.7. The number of ether oxygens (including phenoxy) is 1. The highest BCUT2D eigenvalue weighted by Gasteiger charge is 2.22. The number of benzene rings is 1. The van der Waals surface area contributed by atoms with Crippen LogP contribution in [-0.4, -0.2) is 25.6 Å². The molecule has 1 aromatic carbocycles. The zero-order valence-electron chi connectivity index (χ0n) is 11.6. The lowest BCUT2D eigenvalue weighted by Gasteiger charge is -2.25. The van der Waals surface area contributed by atoms with Crippen molar-refractivity contribution < 1.29 is 9.53 Å². The van der Waals surface area contributed by atoms with Crippen LogP contribution in [0.3, 0.4) is 0 Å². The van der Waals surface area contributed by atoms with Crippen LogP contribution in [0, 0.1) is 0 Å². The molecule has 104 valence electrons. The van der Waals surface area contributed by atoms with Gasteiger partial charge in [-0.3, -0.25) is 4.79 Å². The Kier molecular flexibility index (Phi) is 4.80. The monoisotopic (exact) mass is 262 g/mol. The topological polar surface area (TPSA) is 50.4 Å². The standard InChI is InChI=1S/C15H22N2O2/c1-11(12-7-3-4-9-14(12)19-2)17-15(18)13-8-5-6-10-16-13/h3-4,7,9,11,13,16H,5-6,8,10H2,1-2H3,(H,17,18). The predicted octanol–water partition coefficient (Wildman–Crippen LogP) is 2.01. The molecule has 1 aliphatic heterocycles. The van der Waals surface area contributed by atoms with E-state index in [-0.39, 0.29) is 18.0 Å². The maximum Gasteiger partial charge on any atom is 0.237 e. The number of rotatable bonds is 4. The van der Waals surface area contributed by atoms with E-state index in [0.29, 0.717) is 0 Å². The summed E-state index contributed by atoms with van der Waals surface area (Å²) < 4.78 is 5.33. The van der Waals surface area contributed by atoms with E-state index in [0.717, 1.165) is 37.1 Å². The van der Waals surface area contributed by atoms with Crippen LogP contribution >= 0.6 is 0 Å². The van der Waals surface area contributed by atoms with Crippen molar-refractivity contribution in [3.05, 3.63) is 29.8 Å². The lowest BCUT2D eigenvalue weighted by molar-refractivity contribution is -0.124. The molecule has 0 saturated carbocycles. The molecule has 0 aromatic heterocycles. The Morgan fingerprint density at radius 1 is 1.42 bits per heavy atom. The summed E-state index contributed by atoms with van der Waals surface area (Å²) in [4.78, 5) is 12.2. The van der Waals surface area contributed by atoms with E-state index >= 15 is 0 Å². The Morgan fingerprint density at radius 2 is 2.21 bits per heavy atom. The zero-order valence-corrected chi connectivity index (χ0v) is 11.6. The maximum atomic E-state index is 12.2. The molecule has 4 heteroatoms. The van der Waals surface area contributed by atoms with Gasteiger partial charge in [-0.15, -0.1) is 0 Å². The van der Waals surface area contributed by atoms with Gasteiger partial charge in [-0.05, 0) is 32.4 Å². The predicted molar refractivity (Wildman–Crippen MR) is 75.2 cm³/mol. The third-order valence-corrected chi connectivity index (χ3v) is 3.59. The Balaban J connectivity index is 1.99. The number of hydrogen-bond acceptors (Lipinski definition) is 3. The van der Waals surface area contributed by atoms with Crippen molar-refractivity contribution in [2.75, 3.05) is 13.7 Å². The number of carbonyl (C=O) groups is 1. The molecule has 0 spiro atoms. The first-order valence-corrected chi connectivity index (χ1v) is 6.89. The highest BCUT2D eigenvalue weighted by molar-refractivity contribution is 5.82. The van der Waals surface area contributed by atoms with Gasteiger partial charge in [0.2, 0.25) is 5.91 Å². The first-order valence-electron chi connectivity index (χ1n) is 6.89. The number of hydrogen-bond donors (Lipinski definition) is 2. The van der Waals surface area contributed by atoms with Gasteiger partial charge in [0, 0.05) is 5.56 Å². The third kappa shape index (κ3) is 3.47. The molecule has 0 aliphatic carbocycles. The van der Waals surface area contributed by atoms with Crippen molar-refractivity contribution in [1.82, 2.24) is 10.6 Å². The van der Waals surface area contributed by atoms with E-state index in [2.05, 4.69) is 10.6 Å². The van der Waals surface area contributed by atoms with Crippen LogP contribution in [0.5, 0.6) is 5.75 Å². The fraction of sp³-hybridized carbons (Fsp3) is 0.533. The highest BCUT2D eigenvalue weighted by Crippen LogP contribution is 2.24. The second kappa shape index (κ2) is 6.57. The van der Waals surface area contributed by atoms with E-state index < -0.39 is 0 Å². The Hall–Kier alpha value is -1.55. The van der Waals surface area contributed by atoms with Crippen molar-refractivity contribution in [3.8, 4) is 5.75 Å². The molecule has 19 heavy (non-hydrogen) atoms. The minimum absolute atomic E-state index is 0.0487. The first-order chi connectivity index (χ1) is 9.22. The van der Waals surface area contributed by atoms with Gasteiger partial charge in [-0.2, -0.15) is 0 Å². The van der Waals surface area contributed by atoms with Crippen LogP contribution in [0.15, 0.2) is 24.3 Å². The summed E-state index contributed by atoms with van der Waals surface area (Å²) in [7, 11) is 1.65. The van der Waals surface area contributed by atoms with Crippen molar-refractivity contribution in [1.29, 1.82) is 0 Å². The summed E-state index contributed by atoms with van der Waals surface area (Å²) >= 11 is 0. The van der Waals surface area contributed by atoms with E-state index in [4.69, 9.17) is 4.74 Å². The molecule has 1 fully saturated rings. The van der Waals surface area contributed by atoms with Crippen LogP contribution < -0.4 is 15.4 Å². The van der Waals surface area contributed by atoms with Crippen molar-refractivity contribution in [2.24, 2.45) is 0 Å². The number of nitrogens with one attached hydrogen (secondary N) is 2. The van der Waals surface area contributed by atoms with Gasteiger partial charge in [0.15, 0.2) is 0 Å². The molecule has 0 bridgehead atoms. The van der Waals surface area contributed by atoms with Crippen molar-refractivity contribution in [3.63, 3.8) is 0 Å². The third-order valence-electron chi connectivity index (χ3n) is 3.59. The molecule has 4 nitrogen and oxygen atoms in total. The van der Waals surface area contributed by atoms with Crippen LogP contribution in [-0.2, 0) is 4.79 Å². The minimum Gasteiger partial charge on any atom is -0.496 e. The lowest BCUT2D eigenvalue weighted by atomic mass is 10.0. The van der Waals surface area contributed by atoms with E-state index in [1.54, 1.807) is 7.11 Å². The number of methoxy groups -OCH3 is 1. The smallest absolute Gasteiger partial charge is 0.237 e. The molecule has 2 atom stereocenters. The summed E-state index contributed by atoms with van der Waals surface area (Å²) in [5.74, 6) is 0.894. The van der Waals surface area contributed by atoms with E-state index in [1.165, 1.54) is 0 Å². The van der Waals surface area contributed by atoms with E-state index in [9.17, 15) is 4.79 Å². The first kappa shape index (κ1) is 13.9. The van der Waals surface area contributed by atoms with Gasteiger partial charge in [-0.1, -0.05) is 24.6 Å². The second-order valence-corrected chi connectivity index (χ2v) is 4.97. The fourth-order valence-corrected chi connectivity index (χ4v) is 2.49. The van der Waals surface area contributed by atoms with Crippen LogP contribution in [0.25, 0.3) is 0 Å². The van der Waals surface area contributed by atoms with Gasteiger partial charge in [0.25, 0.3) is 0 Å². The van der Waals surface area contributed by atoms with Crippen molar-refractivity contribution >= 4 is 5.91 Å². The Morgan fingerprint density at radius 3 is 2.89 bits per heavy atom. The van der Waals surface area contributed by atoms with Gasteiger partial charge < -0.3 is 15.4 Å². The minimum atomic E-state index is -0.0501. The summed E-state index contributed by atoms with van der Waals surface area (Å²) in [5, 5.41) is 6.32. The molecule has 1 heterocycles. The molecular weight excluding hydrogens is 240 g/mol. The molecule has 0 radical (unpaired) electrons. The maximum absolute atomic E-state index is 12.2. The lowest BCUT2D eigenvalue weighted by Crippen LogP contribution is -2.47. The molecule has 1 saturated heterocycles. The summed E-state index contributed by atoms with van der Waals surface area (Å²) in [6.07, 6.45) is 3.20. The number of carbonyl (C=O) groups excluding carboxylic acids is 1. The van der Waals surface area contributed by atoms with E-state index in [1.807, 2.05) is 31.2 Å². The molecule has 1 aromatic rings. The van der Waals surface area contributed by atoms with Gasteiger partial charge in [0.1, 0.15) is 5.75 Å². The molecule has 2 rings (SSSR count). The molecule has 1 aliphatic rings. The number of amides is 1. The molecule has 2 unspecified atom stereocenters. The largest absolute Gasteiger partial charge is 0.496 e. The van der Waals surface area contributed by atoms with Crippen LogP contribution in [0.1, 0.15) is 37.8 Å². The average Bonchev–Trinajstić information content (AvgIpc) is 2.48. The van der Waals surface area contributed by atoms with Crippen LogP contribution in [0.2, 0.25) is 0 Å². The highest BCUT2D eigenvalue weighted by atomic mass is 16.5. The Labute approximate surface area is 114 Å². The van der Waals surface area contributed by atoms with Crippen LogP contribution in [0.4, 0.5) is 0 Å². The summed E-state index contributed by atoms with van der Waals surface area (Å²) in [5.41, 5.74) is 1.01. The summed E-state index contributed by atoms with van der Waals surface area (Å²) in [6.45, 7) is 2.92. The quantitative estimate of drug-likeness (QED) is 0.872. The molecule has 2 N–H and O–H groups in total. The van der Waals surface area contributed by atoms with Gasteiger partial charge in [-0.25, -0.2) is 0 Å². The molecule has 1 amide bonds. The number of para-hydroxylation sites is 1. The van der Waals surface area contributed by atoms with Crippen molar-refractivity contribution in [2.45, 2.75) is 38.3 Å². The molecular formula is C15H22N2O2. The van der Waals surface area contributed by atoms with Gasteiger partial charge in [0.05, 0.1) is 19.2 Å². The van der Waals surface area contributed by atoms with Gasteiger partial charge >= 0.3 is 0 Å². The second-order valence-electron chi connectivity index (χ2n) is 4.97. The normalized spacial score (nSPS) is 20.6. The summed E-state index contributed by atoms with van der Waals surface area (Å²) in [6, 6.07) is 7.69. The fourth-order valence-electron chi connectivity index (χ4n) is 2.49.